The van der Waals surface area contributed by atoms with Gasteiger partial charge in [0.05, 0.1) is 26.2 Å². The van der Waals surface area contributed by atoms with Crippen LogP contribution in [-0.2, 0) is 29.1 Å². The van der Waals surface area contributed by atoms with Crippen LogP contribution in [0.1, 0.15) is 16.7 Å². The number of aliphatic hydroxyl groups is 1. The Kier molecular flexibility index (Phi) is 9.80. The maximum absolute atomic E-state index is 14.3. The van der Waals surface area contributed by atoms with Crippen molar-refractivity contribution in [3.8, 4) is 5.75 Å². The summed E-state index contributed by atoms with van der Waals surface area (Å²) in [7, 11) is 0. The van der Waals surface area contributed by atoms with Gasteiger partial charge in [0.1, 0.15) is 24.6 Å². The molecule has 4 aromatic rings. The number of ether oxygens (including phenoxy) is 1. The minimum atomic E-state index is -0.775. The molecule has 6 rings (SSSR count). The fourth-order valence-corrected chi connectivity index (χ4v) is 6.43. The number of hydrazine groups is 1. The minimum absolute atomic E-state index is 0.0446. The number of hydrogen-bond donors (Lipinski definition) is 2. The highest BCUT2D eigenvalue weighted by Gasteiger charge is 2.52. The second-order valence-electron chi connectivity index (χ2n) is 11.7. The lowest BCUT2D eigenvalue weighted by Gasteiger charge is -2.46. The van der Waals surface area contributed by atoms with Gasteiger partial charge in [-0.25, -0.2) is 4.79 Å². The van der Waals surface area contributed by atoms with Crippen LogP contribution in [0.5, 0.6) is 5.75 Å². The van der Waals surface area contributed by atoms with Crippen LogP contribution in [0.4, 0.5) is 4.79 Å². The molecule has 10 nitrogen and oxygen atoms in total. The molecule has 4 amide bonds. The van der Waals surface area contributed by atoms with Gasteiger partial charge in [-0.05, 0) is 39.6 Å². The maximum atomic E-state index is 14.3. The van der Waals surface area contributed by atoms with Gasteiger partial charge in [0, 0.05) is 19.5 Å². The molecule has 10 heteroatoms. The van der Waals surface area contributed by atoms with Crippen molar-refractivity contribution in [1.82, 2.24) is 25.1 Å². The van der Waals surface area contributed by atoms with Crippen LogP contribution in [-0.4, -0.2) is 87.8 Å². The van der Waals surface area contributed by atoms with Gasteiger partial charge in [-0.3, -0.25) is 14.6 Å². The summed E-state index contributed by atoms with van der Waals surface area (Å²) >= 11 is 0. The number of carbonyl (C=O) groups is 3. The topological polar surface area (TPSA) is 106 Å². The van der Waals surface area contributed by atoms with E-state index in [-0.39, 0.29) is 50.7 Å². The number of urea groups is 1. The smallest absolute Gasteiger partial charge is 0.332 e. The summed E-state index contributed by atoms with van der Waals surface area (Å²) in [5, 5.41) is 17.5. The lowest BCUT2D eigenvalue weighted by atomic mass is 9.99. The lowest BCUT2D eigenvalue weighted by Crippen LogP contribution is -2.66. The van der Waals surface area contributed by atoms with E-state index in [1.54, 1.807) is 28.1 Å². The van der Waals surface area contributed by atoms with Gasteiger partial charge in [-0.1, -0.05) is 91.0 Å². The van der Waals surface area contributed by atoms with Crippen LogP contribution in [0.3, 0.4) is 0 Å². The third-order valence-electron chi connectivity index (χ3n) is 8.65. The van der Waals surface area contributed by atoms with E-state index in [0.717, 1.165) is 27.5 Å². The van der Waals surface area contributed by atoms with Crippen LogP contribution >= 0.6 is 0 Å². The zero-order valence-corrected chi connectivity index (χ0v) is 26.2. The zero-order valence-electron chi connectivity index (χ0n) is 26.2. The third kappa shape index (κ3) is 6.98. The van der Waals surface area contributed by atoms with E-state index in [1.165, 1.54) is 5.01 Å². The molecule has 4 aromatic carbocycles. The Morgan fingerprint density at radius 2 is 1.70 bits per heavy atom. The molecule has 2 N–H and O–H groups in total. The van der Waals surface area contributed by atoms with Crippen molar-refractivity contribution in [2.75, 3.05) is 32.8 Å². The molecule has 0 aromatic heterocycles. The van der Waals surface area contributed by atoms with E-state index in [0.29, 0.717) is 25.3 Å². The van der Waals surface area contributed by atoms with Crippen LogP contribution in [0.2, 0.25) is 0 Å². The predicted molar refractivity (Wildman–Crippen MR) is 179 cm³/mol. The maximum Gasteiger partial charge on any atom is 0.332 e. The van der Waals surface area contributed by atoms with E-state index in [2.05, 4.69) is 18.0 Å². The number of benzene rings is 4. The molecule has 2 aliphatic rings. The first kappa shape index (κ1) is 31.8. The minimum Gasteiger partial charge on any atom is -0.491 e. The SMILES string of the molecule is C=CCN(C(=O)NCc1ccccc1)N1CC(=O)N2[C@@H](Cc3ccc(OCCO)cc3)C(=O)N(Cc3cccc4ccccc34)C[C@@H]21. The molecule has 2 saturated heterocycles. The number of aliphatic hydroxyl groups excluding tert-OH is 1. The summed E-state index contributed by atoms with van der Waals surface area (Å²) in [6.45, 7) is 5.03. The van der Waals surface area contributed by atoms with Crippen molar-refractivity contribution < 1.29 is 24.2 Å². The van der Waals surface area contributed by atoms with Crippen molar-refractivity contribution in [2.24, 2.45) is 0 Å². The molecule has 0 radical (unpaired) electrons. The Morgan fingerprint density at radius 3 is 2.47 bits per heavy atom. The Bertz CT molecular complexity index is 1730. The molecule has 0 unspecified atom stereocenters. The first-order valence-electron chi connectivity index (χ1n) is 15.8. The zero-order chi connectivity index (χ0) is 32.8. The molecule has 2 fully saturated rings. The molecule has 0 aliphatic carbocycles. The molecule has 0 spiro atoms. The van der Waals surface area contributed by atoms with E-state index in [1.807, 2.05) is 83.8 Å². The van der Waals surface area contributed by atoms with Crippen molar-refractivity contribution in [2.45, 2.75) is 31.7 Å². The Hall–Kier alpha value is -5.19. The van der Waals surface area contributed by atoms with Crippen molar-refractivity contribution in [1.29, 1.82) is 0 Å². The monoisotopic (exact) mass is 633 g/mol. The average Bonchev–Trinajstić information content (AvgIpc) is 3.42. The van der Waals surface area contributed by atoms with E-state index >= 15 is 0 Å². The number of rotatable bonds is 12. The van der Waals surface area contributed by atoms with Crippen LogP contribution < -0.4 is 10.1 Å². The molecule has 0 saturated carbocycles. The number of fused-ring (bicyclic) bond motifs is 2. The summed E-state index contributed by atoms with van der Waals surface area (Å²) < 4.78 is 5.51. The molecular weight excluding hydrogens is 594 g/mol. The highest BCUT2D eigenvalue weighted by atomic mass is 16.5. The number of amides is 4. The number of hydrogen-bond acceptors (Lipinski definition) is 6. The quantitative estimate of drug-likeness (QED) is 0.229. The summed E-state index contributed by atoms with van der Waals surface area (Å²) in [6, 6.07) is 30.0. The second-order valence-corrected chi connectivity index (χ2v) is 11.7. The fourth-order valence-electron chi connectivity index (χ4n) is 6.43. The molecule has 2 atom stereocenters. The van der Waals surface area contributed by atoms with Crippen molar-refractivity contribution >= 4 is 28.6 Å². The number of piperazine rings is 1. The van der Waals surface area contributed by atoms with Crippen LogP contribution in [0.25, 0.3) is 10.8 Å². The predicted octanol–water partition coefficient (Wildman–Crippen LogP) is 3.95. The van der Waals surface area contributed by atoms with Gasteiger partial charge in [-0.2, -0.15) is 5.01 Å². The highest BCUT2D eigenvalue weighted by molar-refractivity contribution is 5.92. The van der Waals surface area contributed by atoms with Gasteiger partial charge in [0.25, 0.3) is 0 Å². The molecule has 2 aliphatic heterocycles. The van der Waals surface area contributed by atoms with E-state index < -0.39 is 12.2 Å². The highest BCUT2D eigenvalue weighted by Crippen LogP contribution is 2.31. The van der Waals surface area contributed by atoms with Gasteiger partial charge < -0.3 is 25.0 Å². The average molecular weight is 634 g/mol. The largest absolute Gasteiger partial charge is 0.491 e. The summed E-state index contributed by atoms with van der Waals surface area (Å²) in [4.78, 5) is 45.2. The summed E-state index contributed by atoms with van der Waals surface area (Å²) in [5.74, 6) is 0.248. The van der Waals surface area contributed by atoms with Crippen LogP contribution in [0.15, 0.2) is 110 Å². The standard InChI is InChI=1S/C37H39N5O5/c1-2-19-40(37(46)38-23-28-9-4-3-5-10-28)41-26-35(44)42-33(22-27-15-17-31(18-16-27)47-21-20-43)36(45)39(25-34(41)42)24-30-13-8-12-29-11-6-7-14-32(29)30/h2-18,33-34,43H,1,19-26H2,(H,38,46)/t33-,34+/m0/s1. The number of carbonyl (C=O) groups excluding carboxylic acids is 3. The van der Waals surface area contributed by atoms with E-state index in [4.69, 9.17) is 9.84 Å². The Morgan fingerprint density at radius 1 is 0.957 bits per heavy atom. The number of nitrogens with zero attached hydrogens (tertiary/aromatic N) is 4. The van der Waals surface area contributed by atoms with Gasteiger partial charge >= 0.3 is 6.03 Å². The molecule has 242 valence electrons. The second kappa shape index (κ2) is 14.5. The van der Waals surface area contributed by atoms with E-state index in [9.17, 15) is 14.4 Å². The Labute approximate surface area is 274 Å². The number of nitrogens with one attached hydrogen (secondary N) is 1. The molecule has 0 bridgehead atoms. The van der Waals surface area contributed by atoms with Gasteiger partial charge in [0.2, 0.25) is 11.8 Å². The molecular formula is C37H39N5O5. The normalized spacial score (nSPS) is 17.9. The first-order valence-corrected chi connectivity index (χ1v) is 15.8. The summed E-state index contributed by atoms with van der Waals surface area (Å²) in [6.07, 6.45) is 1.37. The third-order valence-corrected chi connectivity index (χ3v) is 8.65. The van der Waals surface area contributed by atoms with Crippen molar-refractivity contribution in [3.05, 3.63) is 126 Å². The summed E-state index contributed by atoms with van der Waals surface area (Å²) in [5.41, 5.74) is 2.82. The fraction of sp³-hybridized carbons (Fsp3) is 0.270. The van der Waals surface area contributed by atoms with Crippen molar-refractivity contribution in [3.63, 3.8) is 0 Å². The molecule has 2 heterocycles. The lowest BCUT2D eigenvalue weighted by molar-refractivity contribution is -0.157. The Balaban J connectivity index is 1.30. The van der Waals surface area contributed by atoms with Gasteiger partial charge in [0.15, 0.2) is 0 Å². The molecule has 47 heavy (non-hydrogen) atoms. The van der Waals surface area contributed by atoms with Gasteiger partial charge in [-0.15, -0.1) is 6.58 Å². The van der Waals surface area contributed by atoms with Crippen LogP contribution in [0, 0.1) is 0 Å². The first-order chi connectivity index (χ1) is 23.0.